The lowest BCUT2D eigenvalue weighted by Gasteiger charge is -2.33. The first-order valence-corrected chi connectivity index (χ1v) is 14.1. The average molecular weight is 736 g/mol. The number of hydrogen-bond acceptors (Lipinski definition) is 8. The molecule has 0 bridgehead atoms. The van der Waals surface area contributed by atoms with Crippen LogP contribution in [0, 0.1) is 11.3 Å². The number of rotatable bonds is 10. The van der Waals surface area contributed by atoms with Crippen LogP contribution in [0.5, 0.6) is 5.75 Å². The number of nitrogen functional groups attached to an aromatic ring is 1. The molecule has 1 fully saturated rings. The van der Waals surface area contributed by atoms with Gasteiger partial charge >= 0.3 is 30.3 Å². The van der Waals surface area contributed by atoms with E-state index in [0.29, 0.717) is 65.8 Å². The number of aromatic nitrogens is 1. The van der Waals surface area contributed by atoms with E-state index in [0.717, 1.165) is 5.69 Å². The largest absolute Gasteiger partial charge is 0.491 e. The lowest BCUT2D eigenvalue weighted by Crippen LogP contribution is -2.41. The zero-order valence-corrected chi connectivity index (χ0v) is 26.0. The number of nitrogens with one attached hydrogen (secondary N) is 2. The van der Waals surface area contributed by atoms with Crippen molar-refractivity contribution in [1.29, 1.82) is 5.41 Å². The van der Waals surface area contributed by atoms with Gasteiger partial charge in [0.25, 0.3) is 0 Å². The molecule has 3 rings (SSSR count). The summed E-state index contributed by atoms with van der Waals surface area (Å²) in [6, 6.07) is 4.99. The Kier molecular flexibility index (Phi) is 16.2. The van der Waals surface area contributed by atoms with Crippen molar-refractivity contribution in [3.63, 3.8) is 0 Å². The molecule has 0 radical (unpaired) electrons. The number of amides is 1. The molecule has 1 aromatic carbocycles. The van der Waals surface area contributed by atoms with Gasteiger partial charge in [-0.3, -0.25) is 20.0 Å². The number of carboxylic acid groups (broad SMARTS) is 3. The predicted octanol–water partition coefficient (Wildman–Crippen LogP) is 4.37. The minimum absolute atomic E-state index is 0.0405. The normalized spacial score (nSPS) is 13.2. The first kappa shape index (κ1) is 41.5. The number of nitrogens with zero attached hydrogens (tertiary/aromatic N) is 2. The van der Waals surface area contributed by atoms with E-state index < -0.39 is 30.3 Å². The SMILES string of the molecule is N=C(N)c1ccc(CCC(=O)O)c(OCCNC(=O)C2CCN(c3c(Cl)cncc3Cl)CC2)c1.O=C(O)C(F)(F)F.O=C(O)C(F)(F)F. The first-order valence-electron chi connectivity index (χ1n) is 13.4. The Bertz CT molecular complexity index is 1410. The van der Waals surface area contributed by atoms with E-state index in [1.807, 2.05) is 0 Å². The van der Waals surface area contributed by atoms with Gasteiger partial charge in [-0.25, -0.2) is 9.59 Å². The van der Waals surface area contributed by atoms with Crippen molar-refractivity contribution < 1.29 is 65.6 Å². The van der Waals surface area contributed by atoms with Crippen molar-refractivity contribution in [2.45, 2.75) is 38.0 Å². The number of carbonyl (C=O) groups is 4. The summed E-state index contributed by atoms with van der Waals surface area (Å²) < 4.78 is 69.3. The van der Waals surface area contributed by atoms with Crippen LogP contribution in [0.1, 0.15) is 30.4 Å². The first-order chi connectivity index (χ1) is 22.1. The van der Waals surface area contributed by atoms with Crippen LogP contribution in [0.3, 0.4) is 0 Å². The number of ether oxygens (including phenoxy) is 1. The van der Waals surface area contributed by atoms with E-state index in [9.17, 15) is 35.9 Å². The van der Waals surface area contributed by atoms with Gasteiger partial charge in [0.2, 0.25) is 5.91 Å². The van der Waals surface area contributed by atoms with E-state index in [-0.39, 0.29) is 30.7 Å². The van der Waals surface area contributed by atoms with Gasteiger partial charge in [-0.05, 0) is 30.9 Å². The molecular formula is C27H29Cl2F6N5O8. The number of carbonyl (C=O) groups excluding carboxylic acids is 1. The topological polar surface area (TPSA) is 216 Å². The van der Waals surface area contributed by atoms with Crippen LogP contribution in [0.15, 0.2) is 30.6 Å². The van der Waals surface area contributed by atoms with Crippen molar-refractivity contribution in [3.05, 3.63) is 51.8 Å². The monoisotopic (exact) mass is 735 g/mol. The van der Waals surface area contributed by atoms with Crippen molar-refractivity contribution in [1.82, 2.24) is 10.3 Å². The summed E-state index contributed by atoms with van der Waals surface area (Å²) >= 11 is 12.5. The molecule has 13 nitrogen and oxygen atoms in total. The molecular weight excluding hydrogens is 707 g/mol. The summed E-state index contributed by atoms with van der Waals surface area (Å²) in [6.45, 7) is 1.81. The Balaban J connectivity index is 0.000000687. The third kappa shape index (κ3) is 14.5. The van der Waals surface area contributed by atoms with Crippen molar-refractivity contribution in [3.8, 4) is 5.75 Å². The zero-order valence-electron chi connectivity index (χ0n) is 24.5. The highest BCUT2D eigenvalue weighted by atomic mass is 35.5. The van der Waals surface area contributed by atoms with E-state index in [1.54, 1.807) is 30.6 Å². The molecule has 2 heterocycles. The molecule has 1 aliphatic heterocycles. The Morgan fingerprint density at radius 1 is 0.979 bits per heavy atom. The number of amidine groups is 1. The minimum atomic E-state index is -5.08. The van der Waals surface area contributed by atoms with Gasteiger partial charge in [0.05, 0.1) is 22.3 Å². The molecule has 2 aromatic rings. The summed E-state index contributed by atoms with van der Waals surface area (Å²) in [7, 11) is 0. The third-order valence-corrected chi connectivity index (χ3v) is 6.69. The van der Waals surface area contributed by atoms with Crippen molar-refractivity contribution >= 4 is 58.5 Å². The number of piperidine rings is 1. The number of halogens is 8. The van der Waals surface area contributed by atoms with Gasteiger partial charge in [0.1, 0.15) is 18.2 Å². The van der Waals surface area contributed by atoms with Crippen LogP contribution >= 0.6 is 23.2 Å². The highest BCUT2D eigenvalue weighted by Gasteiger charge is 2.39. The van der Waals surface area contributed by atoms with Gasteiger partial charge in [-0.1, -0.05) is 35.3 Å². The van der Waals surface area contributed by atoms with Crippen LogP contribution in [0.2, 0.25) is 10.0 Å². The van der Waals surface area contributed by atoms with Gasteiger partial charge in [-0.15, -0.1) is 0 Å². The zero-order chi connectivity index (χ0) is 36.8. The standard InChI is InChI=1S/C23H27Cl2N5O4.2C2HF3O2/c24-17-12-28-13-18(25)21(17)30-8-5-15(6-9-30)23(33)29-7-10-34-19-11-16(22(26)27)2-1-14(19)3-4-20(31)32;2*3-2(4,5)1(6)7/h1-2,11-13,15H,3-10H2,(H3,26,27)(H,29,33)(H,31,32);2*(H,6,7). The van der Waals surface area contributed by atoms with Crippen molar-refractivity contribution in [2.24, 2.45) is 11.7 Å². The fourth-order valence-electron chi connectivity index (χ4n) is 3.86. The number of aryl methyl sites for hydroxylation is 1. The van der Waals surface area contributed by atoms with Crippen LogP contribution in [-0.2, 0) is 25.6 Å². The van der Waals surface area contributed by atoms with Gasteiger partial charge in [0, 0.05) is 43.4 Å². The van der Waals surface area contributed by atoms with Crippen LogP contribution in [0.25, 0.3) is 0 Å². The number of nitrogens with two attached hydrogens (primary N) is 1. The molecule has 266 valence electrons. The van der Waals surface area contributed by atoms with E-state index in [4.69, 9.17) is 64.0 Å². The Hall–Kier alpha value is -4.52. The van der Waals surface area contributed by atoms with E-state index in [2.05, 4.69) is 15.2 Å². The van der Waals surface area contributed by atoms with Gasteiger partial charge < -0.3 is 36.0 Å². The average Bonchev–Trinajstić information content (AvgIpc) is 2.98. The van der Waals surface area contributed by atoms with Crippen molar-refractivity contribution in [2.75, 3.05) is 31.1 Å². The summed E-state index contributed by atoms with van der Waals surface area (Å²) in [4.78, 5) is 47.4. The van der Waals surface area contributed by atoms with E-state index >= 15 is 0 Å². The van der Waals surface area contributed by atoms with Crippen LogP contribution in [0.4, 0.5) is 32.0 Å². The molecule has 0 saturated carbocycles. The Labute approximate surface area is 278 Å². The van der Waals surface area contributed by atoms with Gasteiger partial charge in [0.15, 0.2) is 0 Å². The van der Waals surface area contributed by atoms with Crippen LogP contribution < -0.4 is 20.7 Å². The molecule has 48 heavy (non-hydrogen) atoms. The highest BCUT2D eigenvalue weighted by Crippen LogP contribution is 2.35. The maximum Gasteiger partial charge on any atom is 0.490 e. The van der Waals surface area contributed by atoms with Crippen LogP contribution in [-0.4, -0.2) is 88.5 Å². The maximum atomic E-state index is 12.6. The Morgan fingerprint density at radius 2 is 1.48 bits per heavy atom. The summed E-state index contributed by atoms with van der Waals surface area (Å²) in [6.07, 6.45) is -5.47. The minimum Gasteiger partial charge on any atom is -0.491 e. The molecule has 0 spiro atoms. The number of pyridine rings is 1. The molecule has 0 unspecified atom stereocenters. The summed E-state index contributed by atoms with van der Waals surface area (Å²) in [5.74, 6) is -6.24. The highest BCUT2D eigenvalue weighted by molar-refractivity contribution is 6.38. The maximum absolute atomic E-state index is 12.6. The smallest absolute Gasteiger partial charge is 0.490 e. The Morgan fingerprint density at radius 3 is 1.92 bits per heavy atom. The molecule has 7 N–H and O–H groups in total. The predicted molar refractivity (Wildman–Crippen MR) is 158 cm³/mol. The number of carboxylic acids is 3. The number of hydrogen-bond donors (Lipinski definition) is 6. The fourth-order valence-corrected chi connectivity index (χ4v) is 4.46. The quantitative estimate of drug-likeness (QED) is 0.0872. The molecule has 1 saturated heterocycles. The van der Waals surface area contributed by atoms with E-state index in [1.165, 1.54) is 0 Å². The second-order valence-electron chi connectivity index (χ2n) is 9.59. The van der Waals surface area contributed by atoms with Gasteiger partial charge in [-0.2, -0.15) is 26.3 Å². The number of benzene rings is 1. The summed E-state index contributed by atoms with van der Waals surface area (Å²) in [5.41, 5.74) is 7.49. The summed E-state index contributed by atoms with van der Waals surface area (Å²) in [5, 5.41) is 34.7. The molecule has 1 aromatic heterocycles. The molecule has 0 atom stereocenters. The molecule has 1 aliphatic rings. The lowest BCUT2D eigenvalue weighted by atomic mass is 9.95. The number of aliphatic carboxylic acids is 3. The second-order valence-corrected chi connectivity index (χ2v) is 10.4. The number of alkyl halides is 6. The fraction of sp³-hybridized carbons (Fsp3) is 0.407. The molecule has 0 aliphatic carbocycles. The second kappa shape index (κ2) is 18.7. The number of anilines is 1. The third-order valence-electron chi connectivity index (χ3n) is 6.14. The lowest BCUT2D eigenvalue weighted by molar-refractivity contribution is -0.193. The molecule has 1 amide bonds. The molecule has 21 heteroatoms.